The Morgan fingerprint density at radius 3 is 2.59 bits per heavy atom. The van der Waals surface area contributed by atoms with Crippen molar-refractivity contribution in [1.29, 1.82) is 0 Å². The second kappa shape index (κ2) is 6.15. The normalized spacial score (nSPS) is 14.7. The van der Waals surface area contributed by atoms with Gasteiger partial charge in [0.2, 0.25) is 0 Å². The molecule has 0 N–H and O–H groups in total. The van der Waals surface area contributed by atoms with Crippen LogP contribution in [0.5, 0.6) is 0 Å². The molecule has 3 nitrogen and oxygen atoms in total. The summed E-state index contributed by atoms with van der Waals surface area (Å²) in [6, 6.07) is 0. The smallest absolute Gasteiger partial charge is 0.314 e. The van der Waals surface area contributed by atoms with Crippen molar-refractivity contribution in [3.05, 3.63) is 16.1 Å². The Balaban J connectivity index is 2.77. The molecule has 17 heavy (non-hydrogen) atoms. The first-order valence-corrected chi connectivity index (χ1v) is 6.97. The number of nitrogens with zero attached hydrogens (tertiary/aromatic N) is 1. The van der Waals surface area contributed by atoms with E-state index in [1.807, 2.05) is 19.2 Å². The number of carbonyl (C=O) groups excluding carboxylic acids is 1. The van der Waals surface area contributed by atoms with E-state index in [0.717, 1.165) is 10.7 Å². The standard InChI is InChI=1S/C13H21NO2S/c1-6-16-13(15)10(5)11-7-17-12(14-11)9(4)8(2)3/h7-10H,6H2,1-5H3/t9-,10?/m0/s1. The topological polar surface area (TPSA) is 39.2 Å². The first-order chi connectivity index (χ1) is 7.97. The van der Waals surface area contributed by atoms with Crippen molar-refractivity contribution >= 4 is 17.3 Å². The maximum atomic E-state index is 11.6. The Hall–Kier alpha value is -0.900. The summed E-state index contributed by atoms with van der Waals surface area (Å²) in [4.78, 5) is 16.2. The summed E-state index contributed by atoms with van der Waals surface area (Å²) < 4.78 is 5.00. The van der Waals surface area contributed by atoms with Gasteiger partial charge in [0.1, 0.15) is 0 Å². The van der Waals surface area contributed by atoms with E-state index in [1.165, 1.54) is 0 Å². The Bertz CT molecular complexity index is 373. The van der Waals surface area contributed by atoms with Crippen molar-refractivity contribution in [3.63, 3.8) is 0 Å². The number of hydrogen-bond acceptors (Lipinski definition) is 4. The molecule has 0 aliphatic rings. The minimum Gasteiger partial charge on any atom is -0.465 e. The van der Waals surface area contributed by atoms with Crippen LogP contribution >= 0.6 is 11.3 Å². The zero-order chi connectivity index (χ0) is 13.0. The van der Waals surface area contributed by atoms with Crippen LogP contribution in [0.1, 0.15) is 57.2 Å². The number of ether oxygens (including phenoxy) is 1. The molecule has 0 bridgehead atoms. The van der Waals surface area contributed by atoms with Gasteiger partial charge in [0.25, 0.3) is 0 Å². The predicted octanol–water partition coefficient (Wildman–Crippen LogP) is 3.57. The van der Waals surface area contributed by atoms with E-state index in [9.17, 15) is 4.79 Å². The summed E-state index contributed by atoms with van der Waals surface area (Å²) in [7, 11) is 0. The average molecular weight is 255 g/mol. The first kappa shape index (κ1) is 14.2. The van der Waals surface area contributed by atoms with Gasteiger partial charge in [-0.2, -0.15) is 0 Å². The second-order valence-corrected chi connectivity index (χ2v) is 5.51. The third-order valence-electron chi connectivity index (χ3n) is 3.01. The fraction of sp³-hybridized carbons (Fsp3) is 0.692. The van der Waals surface area contributed by atoms with Crippen molar-refractivity contribution in [2.75, 3.05) is 6.61 Å². The summed E-state index contributed by atoms with van der Waals surface area (Å²) in [5.74, 6) is 0.538. The Morgan fingerprint density at radius 2 is 2.06 bits per heavy atom. The third kappa shape index (κ3) is 3.53. The highest BCUT2D eigenvalue weighted by Crippen LogP contribution is 2.29. The van der Waals surface area contributed by atoms with Gasteiger partial charge in [-0.3, -0.25) is 4.79 Å². The van der Waals surface area contributed by atoms with Crippen LogP contribution < -0.4 is 0 Å². The highest BCUT2D eigenvalue weighted by Gasteiger charge is 2.21. The Labute approximate surface area is 107 Å². The van der Waals surface area contributed by atoms with Crippen LogP contribution in [0.4, 0.5) is 0 Å². The van der Waals surface area contributed by atoms with Crippen LogP contribution in [0, 0.1) is 5.92 Å². The predicted molar refractivity (Wildman–Crippen MR) is 70.4 cm³/mol. The van der Waals surface area contributed by atoms with Crippen molar-refractivity contribution < 1.29 is 9.53 Å². The van der Waals surface area contributed by atoms with Gasteiger partial charge in [0.15, 0.2) is 0 Å². The lowest BCUT2D eigenvalue weighted by Crippen LogP contribution is -2.13. The molecule has 0 aromatic carbocycles. The molecule has 0 saturated heterocycles. The number of esters is 1. The maximum Gasteiger partial charge on any atom is 0.314 e. The van der Waals surface area contributed by atoms with Gasteiger partial charge in [-0.1, -0.05) is 20.8 Å². The van der Waals surface area contributed by atoms with Gasteiger partial charge in [0, 0.05) is 11.3 Å². The zero-order valence-corrected chi connectivity index (χ0v) is 12.0. The Morgan fingerprint density at radius 1 is 1.41 bits per heavy atom. The maximum absolute atomic E-state index is 11.6. The molecule has 0 aliphatic carbocycles. The van der Waals surface area contributed by atoms with Crippen molar-refractivity contribution in [3.8, 4) is 0 Å². The van der Waals surface area contributed by atoms with Gasteiger partial charge in [-0.15, -0.1) is 11.3 Å². The average Bonchev–Trinajstić information content (AvgIpc) is 2.76. The van der Waals surface area contributed by atoms with E-state index in [2.05, 4.69) is 25.8 Å². The molecule has 0 saturated carbocycles. The first-order valence-electron chi connectivity index (χ1n) is 6.09. The van der Waals surface area contributed by atoms with E-state index in [-0.39, 0.29) is 11.9 Å². The molecule has 0 aliphatic heterocycles. The lowest BCUT2D eigenvalue weighted by molar-refractivity contribution is -0.144. The summed E-state index contributed by atoms with van der Waals surface area (Å²) in [6.07, 6.45) is 0. The molecule has 1 unspecified atom stereocenters. The summed E-state index contributed by atoms with van der Waals surface area (Å²) >= 11 is 1.63. The molecule has 1 aromatic heterocycles. The monoisotopic (exact) mass is 255 g/mol. The number of aromatic nitrogens is 1. The highest BCUT2D eigenvalue weighted by atomic mass is 32.1. The number of carbonyl (C=O) groups is 1. The quantitative estimate of drug-likeness (QED) is 0.755. The largest absolute Gasteiger partial charge is 0.465 e. The molecule has 0 amide bonds. The van der Waals surface area contributed by atoms with Crippen LogP contribution in [-0.4, -0.2) is 17.6 Å². The minimum atomic E-state index is -0.265. The van der Waals surface area contributed by atoms with Crippen LogP contribution in [0.15, 0.2) is 5.38 Å². The molecular weight excluding hydrogens is 234 g/mol. The molecule has 1 rings (SSSR count). The Kier molecular flexibility index (Phi) is 5.12. The van der Waals surface area contributed by atoms with Gasteiger partial charge in [-0.05, 0) is 19.8 Å². The van der Waals surface area contributed by atoms with E-state index in [1.54, 1.807) is 11.3 Å². The summed E-state index contributed by atoms with van der Waals surface area (Å²) in [5, 5.41) is 3.07. The second-order valence-electron chi connectivity index (χ2n) is 4.62. The van der Waals surface area contributed by atoms with Crippen LogP contribution in [0.3, 0.4) is 0 Å². The van der Waals surface area contributed by atoms with Gasteiger partial charge < -0.3 is 4.74 Å². The van der Waals surface area contributed by atoms with Crippen molar-refractivity contribution in [2.24, 2.45) is 5.92 Å². The van der Waals surface area contributed by atoms with E-state index < -0.39 is 0 Å². The molecule has 4 heteroatoms. The SMILES string of the molecule is CCOC(=O)C(C)c1csc([C@@H](C)C(C)C)n1. The molecule has 0 radical (unpaired) electrons. The lowest BCUT2D eigenvalue weighted by Gasteiger charge is -2.12. The minimum absolute atomic E-state index is 0.193. The zero-order valence-electron chi connectivity index (χ0n) is 11.2. The fourth-order valence-electron chi connectivity index (χ4n) is 1.38. The van der Waals surface area contributed by atoms with Crippen molar-refractivity contribution in [2.45, 2.75) is 46.5 Å². The van der Waals surface area contributed by atoms with Crippen LogP contribution in [0.2, 0.25) is 0 Å². The lowest BCUT2D eigenvalue weighted by atomic mass is 9.99. The molecular formula is C13H21NO2S. The molecule has 1 heterocycles. The molecule has 1 aromatic rings. The summed E-state index contributed by atoms with van der Waals surface area (Å²) in [5.41, 5.74) is 0.830. The van der Waals surface area contributed by atoms with E-state index >= 15 is 0 Å². The van der Waals surface area contributed by atoms with Crippen molar-refractivity contribution in [1.82, 2.24) is 4.98 Å². The number of rotatable bonds is 5. The third-order valence-corrected chi connectivity index (χ3v) is 4.08. The molecule has 0 spiro atoms. The number of hydrogen-bond donors (Lipinski definition) is 0. The van der Waals surface area contributed by atoms with E-state index in [4.69, 9.17) is 4.74 Å². The van der Waals surface area contributed by atoms with E-state index in [0.29, 0.717) is 18.4 Å². The van der Waals surface area contributed by atoms with Crippen LogP contribution in [-0.2, 0) is 9.53 Å². The van der Waals surface area contributed by atoms with Gasteiger partial charge in [-0.25, -0.2) is 4.98 Å². The molecule has 96 valence electrons. The highest BCUT2D eigenvalue weighted by molar-refractivity contribution is 7.09. The summed E-state index contributed by atoms with van der Waals surface area (Å²) in [6.45, 7) is 10.6. The molecule has 2 atom stereocenters. The van der Waals surface area contributed by atoms with Gasteiger partial charge >= 0.3 is 5.97 Å². The van der Waals surface area contributed by atoms with Crippen LogP contribution in [0.25, 0.3) is 0 Å². The molecule has 0 fully saturated rings. The number of thiazole rings is 1. The fourth-order valence-corrected chi connectivity index (χ4v) is 2.53. The van der Waals surface area contributed by atoms with Gasteiger partial charge in [0.05, 0.1) is 23.2 Å².